The molecule has 0 aliphatic carbocycles. The maximum Gasteiger partial charge on any atom is 0.125 e. The SMILES string of the molecule is COc1ccc(Br)cc1COc1cccc([C@@H](C)O)c1. The van der Waals surface area contributed by atoms with Gasteiger partial charge in [-0.2, -0.15) is 0 Å². The van der Waals surface area contributed by atoms with Crippen LogP contribution in [0.5, 0.6) is 11.5 Å². The van der Waals surface area contributed by atoms with Crippen LogP contribution >= 0.6 is 15.9 Å². The van der Waals surface area contributed by atoms with Crippen LogP contribution < -0.4 is 9.47 Å². The van der Waals surface area contributed by atoms with E-state index in [4.69, 9.17) is 9.47 Å². The molecule has 0 bridgehead atoms. The summed E-state index contributed by atoms with van der Waals surface area (Å²) in [6, 6.07) is 13.3. The van der Waals surface area contributed by atoms with Gasteiger partial charge in [0.25, 0.3) is 0 Å². The third-order valence-corrected chi connectivity index (χ3v) is 3.47. The fraction of sp³-hybridized carbons (Fsp3) is 0.250. The molecule has 4 heteroatoms. The molecule has 0 fully saturated rings. The molecule has 2 aromatic rings. The van der Waals surface area contributed by atoms with E-state index >= 15 is 0 Å². The molecular weight excluding hydrogens is 320 g/mol. The number of methoxy groups -OCH3 is 1. The highest BCUT2D eigenvalue weighted by molar-refractivity contribution is 9.10. The summed E-state index contributed by atoms with van der Waals surface area (Å²) < 4.78 is 12.1. The Morgan fingerprint density at radius 1 is 1.20 bits per heavy atom. The number of hydrogen-bond donors (Lipinski definition) is 1. The predicted molar refractivity (Wildman–Crippen MR) is 82.1 cm³/mol. The summed E-state index contributed by atoms with van der Waals surface area (Å²) >= 11 is 3.44. The maximum absolute atomic E-state index is 9.57. The van der Waals surface area contributed by atoms with E-state index in [0.29, 0.717) is 6.61 Å². The minimum Gasteiger partial charge on any atom is -0.496 e. The summed E-state index contributed by atoms with van der Waals surface area (Å²) in [5.41, 5.74) is 1.80. The second kappa shape index (κ2) is 6.77. The number of aliphatic hydroxyl groups excluding tert-OH is 1. The molecule has 0 saturated carbocycles. The molecule has 0 aromatic heterocycles. The Hall–Kier alpha value is -1.52. The van der Waals surface area contributed by atoms with E-state index in [1.807, 2.05) is 42.5 Å². The highest BCUT2D eigenvalue weighted by atomic mass is 79.9. The fourth-order valence-electron chi connectivity index (χ4n) is 1.89. The Bertz CT molecular complexity index is 582. The van der Waals surface area contributed by atoms with E-state index in [9.17, 15) is 5.11 Å². The lowest BCUT2D eigenvalue weighted by Gasteiger charge is -2.12. The molecule has 0 aliphatic heterocycles. The molecule has 20 heavy (non-hydrogen) atoms. The lowest BCUT2D eigenvalue weighted by atomic mass is 10.1. The second-order valence-electron chi connectivity index (χ2n) is 4.49. The van der Waals surface area contributed by atoms with Gasteiger partial charge in [-0.25, -0.2) is 0 Å². The summed E-state index contributed by atoms with van der Waals surface area (Å²) in [6.07, 6.45) is -0.501. The first-order chi connectivity index (χ1) is 9.60. The monoisotopic (exact) mass is 336 g/mol. The van der Waals surface area contributed by atoms with Crippen LogP contribution in [-0.4, -0.2) is 12.2 Å². The first-order valence-corrected chi connectivity index (χ1v) is 7.12. The van der Waals surface area contributed by atoms with Gasteiger partial charge in [-0.05, 0) is 42.8 Å². The molecule has 0 amide bonds. The van der Waals surface area contributed by atoms with E-state index < -0.39 is 6.10 Å². The van der Waals surface area contributed by atoms with Crippen molar-refractivity contribution in [3.8, 4) is 11.5 Å². The van der Waals surface area contributed by atoms with Gasteiger partial charge in [-0.15, -0.1) is 0 Å². The smallest absolute Gasteiger partial charge is 0.125 e. The minimum absolute atomic E-state index is 0.409. The second-order valence-corrected chi connectivity index (χ2v) is 5.41. The van der Waals surface area contributed by atoms with Crippen molar-refractivity contribution in [3.63, 3.8) is 0 Å². The zero-order chi connectivity index (χ0) is 14.5. The zero-order valence-corrected chi connectivity index (χ0v) is 13.1. The largest absolute Gasteiger partial charge is 0.496 e. The predicted octanol–water partition coefficient (Wildman–Crippen LogP) is 4.09. The lowest BCUT2D eigenvalue weighted by Crippen LogP contribution is -2.00. The van der Waals surface area contributed by atoms with Crippen molar-refractivity contribution in [2.45, 2.75) is 19.6 Å². The Balaban J connectivity index is 2.12. The Kier molecular flexibility index (Phi) is 5.04. The molecule has 0 radical (unpaired) electrons. The van der Waals surface area contributed by atoms with Crippen molar-refractivity contribution in [2.75, 3.05) is 7.11 Å². The molecule has 0 heterocycles. The van der Waals surface area contributed by atoms with Crippen molar-refractivity contribution in [2.24, 2.45) is 0 Å². The molecule has 2 rings (SSSR count). The molecule has 0 aliphatic rings. The standard InChI is InChI=1S/C16H17BrO3/c1-11(18)12-4-3-5-15(9-12)20-10-13-8-14(17)6-7-16(13)19-2/h3-9,11,18H,10H2,1-2H3/t11-/m1/s1. The maximum atomic E-state index is 9.57. The van der Waals surface area contributed by atoms with E-state index in [1.165, 1.54) is 0 Å². The number of hydrogen-bond acceptors (Lipinski definition) is 3. The van der Waals surface area contributed by atoms with Gasteiger partial charge in [0.15, 0.2) is 0 Å². The van der Waals surface area contributed by atoms with Crippen molar-refractivity contribution in [1.29, 1.82) is 0 Å². The molecule has 0 saturated heterocycles. The van der Waals surface area contributed by atoms with Crippen molar-refractivity contribution < 1.29 is 14.6 Å². The Morgan fingerprint density at radius 2 is 2.00 bits per heavy atom. The first kappa shape index (κ1) is 14.9. The van der Waals surface area contributed by atoms with Gasteiger partial charge in [-0.1, -0.05) is 28.1 Å². The van der Waals surface area contributed by atoms with Crippen LogP contribution in [0.2, 0.25) is 0 Å². The first-order valence-electron chi connectivity index (χ1n) is 6.33. The average molecular weight is 337 g/mol. The quantitative estimate of drug-likeness (QED) is 0.893. The third-order valence-electron chi connectivity index (χ3n) is 2.98. The molecule has 0 spiro atoms. The van der Waals surface area contributed by atoms with Crippen LogP contribution in [0.4, 0.5) is 0 Å². The van der Waals surface area contributed by atoms with Gasteiger partial charge in [0.05, 0.1) is 13.2 Å². The molecule has 2 aromatic carbocycles. The summed E-state index contributed by atoms with van der Waals surface area (Å²) in [5.74, 6) is 1.52. The Morgan fingerprint density at radius 3 is 2.70 bits per heavy atom. The molecule has 106 valence electrons. The number of aliphatic hydroxyl groups is 1. The van der Waals surface area contributed by atoms with Crippen LogP contribution in [0.1, 0.15) is 24.2 Å². The van der Waals surface area contributed by atoms with Crippen molar-refractivity contribution in [1.82, 2.24) is 0 Å². The zero-order valence-electron chi connectivity index (χ0n) is 11.5. The van der Waals surface area contributed by atoms with Crippen molar-refractivity contribution in [3.05, 3.63) is 58.1 Å². The van der Waals surface area contributed by atoms with Crippen LogP contribution in [-0.2, 0) is 6.61 Å². The number of rotatable bonds is 5. The summed E-state index contributed by atoms with van der Waals surface area (Å²) in [6.45, 7) is 2.14. The average Bonchev–Trinajstić information content (AvgIpc) is 2.45. The van der Waals surface area contributed by atoms with Gasteiger partial charge in [0.1, 0.15) is 18.1 Å². The van der Waals surface area contributed by atoms with E-state index in [0.717, 1.165) is 27.1 Å². The van der Waals surface area contributed by atoms with Gasteiger partial charge in [0.2, 0.25) is 0 Å². The topological polar surface area (TPSA) is 38.7 Å². The minimum atomic E-state index is -0.501. The normalized spacial score (nSPS) is 12.0. The van der Waals surface area contributed by atoms with E-state index in [-0.39, 0.29) is 0 Å². The van der Waals surface area contributed by atoms with Crippen molar-refractivity contribution >= 4 is 15.9 Å². The number of ether oxygens (including phenoxy) is 2. The molecular formula is C16H17BrO3. The van der Waals surface area contributed by atoms with Gasteiger partial charge < -0.3 is 14.6 Å². The number of benzene rings is 2. The van der Waals surface area contributed by atoms with E-state index in [2.05, 4.69) is 15.9 Å². The molecule has 0 unspecified atom stereocenters. The van der Waals surface area contributed by atoms with Crippen LogP contribution in [0.3, 0.4) is 0 Å². The highest BCUT2D eigenvalue weighted by Crippen LogP contribution is 2.25. The molecule has 1 atom stereocenters. The molecule has 3 nitrogen and oxygen atoms in total. The van der Waals surface area contributed by atoms with E-state index in [1.54, 1.807) is 14.0 Å². The van der Waals surface area contributed by atoms with Gasteiger partial charge >= 0.3 is 0 Å². The summed E-state index contributed by atoms with van der Waals surface area (Å²) in [5, 5.41) is 9.57. The number of halogens is 1. The summed E-state index contributed by atoms with van der Waals surface area (Å²) in [4.78, 5) is 0. The van der Waals surface area contributed by atoms with Crippen LogP contribution in [0.15, 0.2) is 46.9 Å². The van der Waals surface area contributed by atoms with Gasteiger partial charge in [-0.3, -0.25) is 0 Å². The van der Waals surface area contributed by atoms with Gasteiger partial charge in [0, 0.05) is 10.0 Å². The third kappa shape index (κ3) is 3.74. The van der Waals surface area contributed by atoms with Crippen LogP contribution in [0, 0.1) is 0 Å². The highest BCUT2D eigenvalue weighted by Gasteiger charge is 2.06. The lowest BCUT2D eigenvalue weighted by molar-refractivity contribution is 0.198. The Labute approximate surface area is 127 Å². The van der Waals surface area contributed by atoms with Crippen LogP contribution in [0.25, 0.3) is 0 Å². The fourth-order valence-corrected chi connectivity index (χ4v) is 2.29. The molecule has 1 N–H and O–H groups in total. The summed E-state index contributed by atoms with van der Waals surface area (Å²) in [7, 11) is 1.64.